The number of carbonyl (C=O) groups excluding carboxylic acids is 2. The molecule has 0 aliphatic heterocycles. The summed E-state index contributed by atoms with van der Waals surface area (Å²) in [6.45, 7) is 0. The molecule has 0 saturated carbocycles. The van der Waals surface area contributed by atoms with E-state index in [2.05, 4.69) is 15.6 Å². The molecule has 3 rings (SSSR count). The SMILES string of the molecule is COc1ccc(NC(=O)CSCc2csc(NC(=O)Cc3ccc([N+](=O)[O-])cc3)n2)cc1. The molecular weight excluding hydrogens is 452 g/mol. The van der Waals surface area contributed by atoms with E-state index in [1.165, 1.54) is 35.2 Å². The Labute approximate surface area is 192 Å². The fourth-order valence-corrected chi connectivity index (χ4v) is 4.18. The number of thiazole rings is 1. The molecule has 1 heterocycles. The van der Waals surface area contributed by atoms with E-state index in [1.807, 2.05) is 5.38 Å². The van der Waals surface area contributed by atoms with E-state index in [0.29, 0.717) is 22.1 Å². The van der Waals surface area contributed by atoms with Crippen molar-refractivity contribution < 1.29 is 19.2 Å². The van der Waals surface area contributed by atoms with E-state index in [4.69, 9.17) is 4.74 Å². The fourth-order valence-electron chi connectivity index (χ4n) is 2.63. The molecule has 2 amide bonds. The van der Waals surface area contributed by atoms with E-state index >= 15 is 0 Å². The first-order chi connectivity index (χ1) is 15.4. The number of hydrogen-bond acceptors (Lipinski definition) is 8. The minimum atomic E-state index is -0.484. The fraction of sp³-hybridized carbons (Fsp3) is 0.190. The minimum Gasteiger partial charge on any atom is -0.497 e. The normalized spacial score (nSPS) is 10.4. The molecule has 2 aromatic carbocycles. The molecule has 0 bridgehead atoms. The van der Waals surface area contributed by atoms with Crippen molar-refractivity contribution in [1.82, 2.24) is 4.98 Å². The van der Waals surface area contributed by atoms with Crippen LogP contribution in [-0.4, -0.2) is 34.6 Å². The van der Waals surface area contributed by atoms with Crippen LogP contribution < -0.4 is 15.4 Å². The Bertz CT molecular complexity index is 1080. The summed E-state index contributed by atoms with van der Waals surface area (Å²) in [6, 6.07) is 12.9. The third-order valence-corrected chi connectivity index (χ3v) is 5.94. The van der Waals surface area contributed by atoms with Gasteiger partial charge in [0.15, 0.2) is 5.13 Å². The smallest absolute Gasteiger partial charge is 0.269 e. The second-order valence-electron chi connectivity index (χ2n) is 6.56. The number of nitrogens with zero attached hydrogens (tertiary/aromatic N) is 2. The summed E-state index contributed by atoms with van der Waals surface area (Å²) in [6.07, 6.45) is 0.0905. The van der Waals surface area contributed by atoms with Crippen LogP contribution in [0.2, 0.25) is 0 Å². The van der Waals surface area contributed by atoms with Gasteiger partial charge < -0.3 is 15.4 Å². The van der Waals surface area contributed by atoms with Crippen molar-refractivity contribution in [2.45, 2.75) is 12.2 Å². The van der Waals surface area contributed by atoms with Crippen LogP contribution in [0.1, 0.15) is 11.3 Å². The molecule has 0 spiro atoms. The predicted octanol–water partition coefficient (Wildman–Crippen LogP) is 4.11. The zero-order chi connectivity index (χ0) is 22.9. The van der Waals surface area contributed by atoms with Crippen LogP contribution in [-0.2, 0) is 21.8 Å². The van der Waals surface area contributed by atoms with Gasteiger partial charge in [0.05, 0.1) is 29.9 Å². The van der Waals surface area contributed by atoms with Gasteiger partial charge in [0, 0.05) is 29.0 Å². The molecule has 3 aromatic rings. The highest BCUT2D eigenvalue weighted by Gasteiger charge is 2.10. The quantitative estimate of drug-likeness (QED) is 0.336. The molecule has 1 aromatic heterocycles. The molecule has 166 valence electrons. The first-order valence-corrected chi connectivity index (χ1v) is 11.5. The molecule has 0 radical (unpaired) electrons. The highest BCUT2D eigenvalue weighted by molar-refractivity contribution is 7.99. The Morgan fingerprint density at radius 2 is 1.81 bits per heavy atom. The second kappa shape index (κ2) is 11.3. The molecule has 11 heteroatoms. The van der Waals surface area contributed by atoms with Gasteiger partial charge in [-0.1, -0.05) is 12.1 Å². The van der Waals surface area contributed by atoms with Gasteiger partial charge in [-0.3, -0.25) is 19.7 Å². The second-order valence-corrected chi connectivity index (χ2v) is 8.41. The van der Waals surface area contributed by atoms with E-state index in [-0.39, 0.29) is 29.7 Å². The average Bonchev–Trinajstić information content (AvgIpc) is 3.21. The van der Waals surface area contributed by atoms with E-state index in [0.717, 1.165) is 11.4 Å². The summed E-state index contributed by atoms with van der Waals surface area (Å²) in [5.41, 5.74) is 2.11. The largest absolute Gasteiger partial charge is 0.497 e. The third kappa shape index (κ3) is 7.06. The molecular formula is C21H20N4O5S2. The number of aromatic nitrogens is 1. The number of anilines is 2. The van der Waals surface area contributed by atoms with Crippen LogP contribution in [0.3, 0.4) is 0 Å². The van der Waals surface area contributed by atoms with E-state index in [1.54, 1.807) is 43.5 Å². The Morgan fingerprint density at radius 1 is 1.09 bits per heavy atom. The molecule has 0 aliphatic carbocycles. The van der Waals surface area contributed by atoms with Crippen molar-refractivity contribution in [3.05, 3.63) is 75.3 Å². The maximum absolute atomic E-state index is 12.2. The summed E-state index contributed by atoms with van der Waals surface area (Å²) < 4.78 is 5.08. The molecule has 0 aliphatic rings. The molecule has 0 atom stereocenters. The van der Waals surface area contributed by atoms with Gasteiger partial charge in [0.1, 0.15) is 5.75 Å². The molecule has 0 unspecified atom stereocenters. The Kier molecular flexibility index (Phi) is 8.17. The summed E-state index contributed by atoms with van der Waals surface area (Å²) in [7, 11) is 1.58. The van der Waals surface area contributed by atoms with Gasteiger partial charge in [0.25, 0.3) is 5.69 Å². The molecule has 0 fully saturated rings. The molecule has 0 saturated heterocycles. The molecule has 32 heavy (non-hydrogen) atoms. The van der Waals surface area contributed by atoms with E-state index < -0.39 is 4.92 Å². The lowest BCUT2D eigenvalue weighted by Crippen LogP contribution is -2.14. The number of nitro groups is 1. The lowest BCUT2D eigenvalue weighted by atomic mass is 10.1. The summed E-state index contributed by atoms with van der Waals surface area (Å²) >= 11 is 2.72. The Hall–Kier alpha value is -3.44. The van der Waals surface area contributed by atoms with Gasteiger partial charge >= 0.3 is 0 Å². The van der Waals surface area contributed by atoms with Crippen molar-refractivity contribution in [1.29, 1.82) is 0 Å². The standard InChI is InChI=1S/C21H20N4O5S2/c1-30-18-8-4-15(5-9-18)22-20(27)13-31-11-16-12-32-21(23-16)24-19(26)10-14-2-6-17(7-3-14)25(28)29/h2-9,12H,10-11,13H2,1H3,(H,22,27)(H,23,24,26). The van der Waals surface area contributed by atoms with E-state index in [9.17, 15) is 19.7 Å². The molecule has 9 nitrogen and oxygen atoms in total. The third-order valence-electron chi connectivity index (χ3n) is 4.17. The number of carbonyl (C=O) groups is 2. The van der Waals surface area contributed by atoms with Gasteiger partial charge in [-0.05, 0) is 29.8 Å². The first-order valence-electron chi connectivity index (χ1n) is 9.42. The van der Waals surface area contributed by atoms with Gasteiger partial charge in [0.2, 0.25) is 11.8 Å². The maximum atomic E-state index is 12.2. The van der Waals surface area contributed by atoms with Crippen molar-refractivity contribution in [3.8, 4) is 5.75 Å². The Morgan fingerprint density at radius 3 is 2.47 bits per heavy atom. The van der Waals surface area contributed by atoms with Crippen molar-refractivity contribution in [2.24, 2.45) is 0 Å². The number of methoxy groups -OCH3 is 1. The number of nitro benzene ring substituents is 1. The number of ether oxygens (including phenoxy) is 1. The summed E-state index contributed by atoms with van der Waals surface area (Å²) in [5.74, 6) is 1.14. The van der Waals surface area contributed by atoms with Crippen LogP contribution in [0.15, 0.2) is 53.9 Å². The zero-order valence-electron chi connectivity index (χ0n) is 17.1. The van der Waals surface area contributed by atoms with Gasteiger partial charge in [-0.15, -0.1) is 23.1 Å². The lowest BCUT2D eigenvalue weighted by molar-refractivity contribution is -0.384. The number of rotatable bonds is 10. The number of benzene rings is 2. The van der Waals surface area contributed by atoms with Crippen LogP contribution >= 0.6 is 23.1 Å². The zero-order valence-corrected chi connectivity index (χ0v) is 18.7. The number of amides is 2. The summed E-state index contributed by atoms with van der Waals surface area (Å²) in [5, 5.41) is 18.5. The highest BCUT2D eigenvalue weighted by atomic mass is 32.2. The van der Waals surface area contributed by atoms with Crippen LogP contribution in [0.5, 0.6) is 5.75 Å². The topological polar surface area (TPSA) is 123 Å². The number of thioether (sulfide) groups is 1. The monoisotopic (exact) mass is 472 g/mol. The highest BCUT2D eigenvalue weighted by Crippen LogP contribution is 2.21. The van der Waals surface area contributed by atoms with Crippen LogP contribution in [0, 0.1) is 10.1 Å². The van der Waals surface area contributed by atoms with Crippen LogP contribution in [0.4, 0.5) is 16.5 Å². The maximum Gasteiger partial charge on any atom is 0.269 e. The van der Waals surface area contributed by atoms with Gasteiger partial charge in [-0.25, -0.2) is 4.98 Å². The van der Waals surface area contributed by atoms with Gasteiger partial charge in [-0.2, -0.15) is 0 Å². The summed E-state index contributed by atoms with van der Waals surface area (Å²) in [4.78, 5) is 38.8. The van der Waals surface area contributed by atoms with Crippen LogP contribution in [0.25, 0.3) is 0 Å². The average molecular weight is 473 g/mol. The lowest BCUT2D eigenvalue weighted by Gasteiger charge is -2.06. The number of nitrogens with one attached hydrogen (secondary N) is 2. The number of hydrogen-bond donors (Lipinski definition) is 2. The van der Waals surface area contributed by atoms with Crippen molar-refractivity contribution >= 4 is 51.4 Å². The van der Waals surface area contributed by atoms with Crippen molar-refractivity contribution in [2.75, 3.05) is 23.5 Å². The van der Waals surface area contributed by atoms with Crippen molar-refractivity contribution in [3.63, 3.8) is 0 Å². The predicted molar refractivity (Wildman–Crippen MR) is 125 cm³/mol. The Balaban J connectivity index is 1.40. The number of non-ortho nitro benzene ring substituents is 1. The minimum absolute atomic E-state index is 0.0195. The first kappa shape index (κ1) is 23.2. The molecule has 2 N–H and O–H groups in total.